The number of likely N-dealkylation sites (tertiary alicyclic amines) is 1. The van der Waals surface area contributed by atoms with Gasteiger partial charge >= 0.3 is 12.2 Å². The molecule has 3 aromatic rings. The van der Waals surface area contributed by atoms with Crippen molar-refractivity contribution in [2.75, 3.05) is 18.4 Å². The first-order valence-corrected chi connectivity index (χ1v) is 8.93. The van der Waals surface area contributed by atoms with Crippen molar-refractivity contribution in [3.8, 4) is 11.4 Å². The number of rotatable bonds is 3. The second kappa shape index (κ2) is 7.23. The number of carbonyl (C=O) groups is 1. The zero-order valence-corrected chi connectivity index (χ0v) is 15.4. The Labute approximate surface area is 164 Å². The Bertz CT molecular complexity index is 1020. The average molecular weight is 402 g/mol. The molecule has 4 rings (SSSR count). The molecule has 2 aromatic carbocycles. The smallest absolute Gasteiger partial charge is 0.339 e. The summed E-state index contributed by atoms with van der Waals surface area (Å²) < 4.78 is 43.8. The highest BCUT2D eigenvalue weighted by Crippen LogP contribution is 2.32. The van der Waals surface area contributed by atoms with Crippen molar-refractivity contribution in [1.82, 2.24) is 15.0 Å². The number of alkyl halides is 3. The Balaban J connectivity index is 1.38. The first-order valence-electron chi connectivity index (χ1n) is 8.93. The van der Waals surface area contributed by atoms with E-state index in [9.17, 15) is 18.0 Å². The molecule has 1 aliphatic heterocycles. The van der Waals surface area contributed by atoms with Crippen LogP contribution in [0.3, 0.4) is 0 Å². The number of halogens is 3. The van der Waals surface area contributed by atoms with Gasteiger partial charge in [-0.25, -0.2) is 4.79 Å². The molecule has 0 saturated carbocycles. The fourth-order valence-electron chi connectivity index (χ4n) is 2.99. The van der Waals surface area contributed by atoms with Crippen LogP contribution in [0.1, 0.15) is 22.9 Å². The Kier molecular flexibility index (Phi) is 4.73. The summed E-state index contributed by atoms with van der Waals surface area (Å²) >= 11 is 0. The van der Waals surface area contributed by atoms with E-state index in [1.807, 2.05) is 31.2 Å². The van der Waals surface area contributed by atoms with Crippen molar-refractivity contribution >= 4 is 11.7 Å². The van der Waals surface area contributed by atoms with Gasteiger partial charge in [0.15, 0.2) is 0 Å². The van der Waals surface area contributed by atoms with Crippen molar-refractivity contribution in [1.29, 1.82) is 0 Å². The Hall–Kier alpha value is -3.36. The molecular weight excluding hydrogens is 385 g/mol. The maximum Gasteiger partial charge on any atom is 0.416 e. The maximum absolute atomic E-state index is 12.9. The van der Waals surface area contributed by atoms with Crippen LogP contribution in [0.2, 0.25) is 0 Å². The van der Waals surface area contributed by atoms with Crippen LogP contribution >= 0.6 is 0 Å². The zero-order chi connectivity index (χ0) is 20.6. The summed E-state index contributed by atoms with van der Waals surface area (Å²) in [6.07, 6.45) is -4.44. The SMILES string of the molecule is Cc1ccc(NC(=O)N2CC(c3nc(-c4cccc(C(F)(F)F)c4)no3)C2)cc1. The van der Waals surface area contributed by atoms with Crippen LogP contribution < -0.4 is 5.32 Å². The molecule has 2 heterocycles. The quantitative estimate of drug-likeness (QED) is 0.690. The Morgan fingerprint density at radius 2 is 1.90 bits per heavy atom. The molecule has 1 aliphatic rings. The van der Waals surface area contributed by atoms with E-state index in [1.54, 1.807) is 4.90 Å². The first kappa shape index (κ1) is 19.0. The van der Waals surface area contributed by atoms with Crippen LogP contribution in [-0.4, -0.2) is 34.2 Å². The van der Waals surface area contributed by atoms with Crippen molar-refractivity contribution in [3.63, 3.8) is 0 Å². The normalized spacial score (nSPS) is 14.6. The lowest BCUT2D eigenvalue weighted by Crippen LogP contribution is -2.50. The minimum Gasteiger partial charge on any atom is -0.339 e. The molecule has 0 unspecified atom stereocenters. The molecule has 0 bridgehead atoms. The van der Waals surface area contributed by atoms with E-state index in [1.165, 1.54) is 12.1 Å². The number of aryl methyl sites for hydroxylation is 1. The molecule has 9 heteroatoms. The van der Waals surface area contributed by atoms with Crippen LogP contribution in [0.25, 0.3) is 11.4 Å². The standard InChI is InChI=1S/C20H17F3N4O2/c1-12-5-7-16(8-6-12)24-19(28)27-10-14(11-27)18-25-17(26-29-18)13-3-2-4-15(9-13)20(21,22)23/h2-9,14H,10-11H2,1H3,(H,24,28). The lowest BCUT2D eigenvalue weighted by molar-refractivity contribution is -0.137. The number of hydrogen-bond acceptors (Lipinski definition) is 4. The zero-order valence-electron chi connectivity index (χ0n) is 15.4. The van der Waals surface area contributed by atoms with Crippen LogP contribution in [0.15, 0.2) is 53.1 Å². The van der Waals surface area contributed by atoms with Gasteiger partial charge in [-0.1, -0.05) is 35.0 Å². The van der Waals surface area contributed by atoms with E-state index in [-0.39, 0.29) is 23.3 Å². The van der Waals surface area contributed by atoms with Gasteiger partial charge in [0.1, 0.15) is 0 Å². The summed E-state index contributed by atoms with van der Waals surface area (Å²) in [4.78, 5) is 18.1. The van der Waals surface area contributed by atoms with Crippen molar-refractivity contribution in [2.45, 2.75) is 19.0 Å². The van der Waals surface area contributed by atoms with E-state index in [2.05, 4.69) is 15.5 Å². The predicted octanol–water partition coefficient (Wildman–Crippen LogP) is 4.70. The summed E-state index contributed by atoms with van der Waals surface area (Å²) in [5, 5.41) is 6.59. The number of anilines is 1. The number of nitrogens with one attached hydrogen (secondary N) is 1. The molecule has 1 aromatic heterocycles. The van der Waals surface area contributed by atoms with Crippen LogP contribution in [-0.2, 0) is 6.18 Å². The molecular formula is C20H17F3N4O2. The van der Waals surface area contributed by atoms with Crippen molar-refractivity contribution < 1.29 is 22.5 Å². The van der Waals surface area contributed by atoms with Gasteiger partial charge in [-0.15, -0.1) is 0 Å². The Morgan fingerprint density at radius 1 is 1.17 bits per heavy atom. The number of aromatic nitrogens is 2. The number of nitrogens with zero attached hydrogens (tertiary/aromatic N) is 3. The molecule has 1 saturated heterocycles. The third-order valence-electron chi connectivity index (χ3n) is 4.71. The summed E-state index contributed by atoms with van der Waals surface area (Å²) in [6, 6.07) is 12.0. The highest BCUT2D eigenvalue weighted by atomic mass is 19.4. The van der Waals surface area contributed by atoms with Crippen LogP contribution in [0.4, 0.5) is 23.7 Å². The fourth-order valence-corrected chi connectivity index (χ4v) is 2.99. The highest BCUT2D eigenvalue weighted by molar-refractivity contribution is 5.90. The van der Waals surface area contributed by atoms with E-state index in [0.29, 0.717) is 24.7 Å². The van der Waals surface area contributed by atoms with Gasteiger partial charge in [0.05, 0.1) is 11.5 Å². The minimum atomic E-state index is -4.44. The number of carbonyl (C=O) groups excluding carboxylic acids is 1. The van der Waals surface area contributed by atoms with Gasteiger partial charge in [-0.2, -0.15) is 18.2 Å². The minimum absolute atomic E-state index is 0.0913. The van der Waals surface area contributed by atoms with Gasteiger partial charge in [-0.05, 0) is 31.2 Å². The summed E-state index contributed by atoms with van der Waals surface area (Å²) in [6.45, 7) is 2.74. The summed E-state index contributed by atoms with van der Waals surface area (Å²) in [5.74, 6) is 0.247. The molecule has 150 valence electrons. The molecule has 0 spiro atoms. The van der Waals surface area contributed by atoms with Crippen molar-refractivity contribution in [2.24, 2.45) is 0 Å². The molecule has 0 atom stereocenters. The second-order valence-corrected chi connectivity index (χ2v) is 6.93. The van der Waals surface area contributed by atoms with E-state index < -0.39 is 11.7 Å². The van der Waals surface area contributed by atoms with Gasteiger partial charge < -0.3 is 14.7 Å². The van der Waals surface area contributed by atoms with E-state index in [0.717, 1.165) is 17.7 Å². The molecule has 29 heavy (non-hydrogen) atoms. The van der Waals surface area contributed by atoms with Crippen LogP contribution in [0.5, 0.6) is 0 Å². The van der Waals surface area contributed by atoms with Gasteiger partial charge in [0, 0.05) is 24.3 Å². The molecule has 0 radical (unpaired) electrons. The molecule has 6 nitrogen and oxygen atoms in total. The van der Waals surface area contributed by atoms with Crippen molar-refractivity contribution in [3.05, 3.63) is 65.5 Å². The van der Waals surface area contributed by atoms with Gasteiger partial charge in [0.2, 0.25) is 11.7 Å². The number of urea groups is 1. The molecule has 1 N–H and O–H groups in total. The lowest BCUT2D eigenvalue weighted by atomic mass is 10.0. The van der Waals surface area contributed by atoms with Gasteiger partial charge in [-0.3, -0.25) is 0 Å². The maximum atomic E-state index is 12.9. The highest BCUT2D eigenvalue weighted by Gasteiger charge is 2.36. The number of amides is 2. The van der Waals surface area contributed by atoms with E-state index >= 15 is 0 Å². The first-order chi connectivity index (χ1) is 13.8. The van der Waals surface area contributed by atoms with E-state index in [4.69, 9.17) is 4.52 Å². The molecule has 1 fully saturated rings. The van der Waals surface area contributed by atoms with Crippen LogP contribution in [0, 0.1) is 6.92 Å². The number of benzene rings is 2. The monoisotopic (exact) mass is 402 g/mol. The Morgan fingerprint density at radius 3 is 2.59 bits per heavy atom. The van der Waals surface area contributed by atoms with Gasteiger partial charge in [0.25, 0.3) is 0 Å². The average Bonchev–Trinajstić information content (AvgIpc) is 3.11. The second-order valence-electron chi connectivity index (χ2n) is 6.93. The predicted molar refractivity (Wildman–Crippen MR) is 99.2 cm³/mol. The third kappa shape index (κ3) is 4.08. The molecule has 0 aliphatic carbocycles. The topological polar surface area (TPSA) is 71.3 Å². The largest absolute Gasteiger partial charge is 0.416 e. The fraction of sp³-hybridized carbons (Fsp3) is 0.250. The summed E-state index contributed by atoms with van der Waals surface area (Å²) in [5.41, 5.74) is 1.25. The lowest BCUT2D eigenvalue weighted by Gasteiger charge is -2.36. The molecule has 2 amide bonds. The third-order valence-corrected chi connectivity index (χ3v) is 4.71. The number of hydrogen-bond donors (Lipinski definition) is 1. The summed E-state index contributed by atoms with van der Waals surface area (Å²) in [7, 11) is 0.